The molecule has 0 aliphatic rings. The fourth-order valence-corrected chi connectivity index (χ4v) is 2.24. The zero-order chi connectivity index (χ0) is 18.9. The second kappa shape index (κ2) is 9.04. The lowest BCUT2D eigenvalue weighted by atomic mass is 10.2. The molecule has 6 nitrogen and oxygen atoms in total. The van der Waals surface area contributed by atoms with E-state index in [1.807, 2.05) is 66.7 Å². The quantitative estimate of drug-likeness (QED) is 0.592. The van der Waals surface area contributed by atoms with Gasteiger partial charge in [0.15, 0.2) is 0 Å². The van der Waals surface area contributed by atoms with Crippen molar-refractivity contribution in [2.75, 3.05) is 4.90 Å². The van der Waals surface area contributed by atoms with Gasteiger partial charge in [-0.2, -0.15) is 5.26 Å². The van der Waals surface area contributed by atoms with Crippen LogP contribution in [0.5, 0.6) is 0 Å². The van der Waals surface area contributed by atoms with Gasteiger partial charge in [-0.1, -0.05) is 48.5 Å². The molecule has 0 aliphatic heterocycles. The summed E-state index contributed by atoms with van der Waals surface area (Å²) < 4.78 is 0. The van der Waals surface area contributed by atoms with E-state index in [1.165, 1.54) is 13.1 Å². The Labute approximate surface area is 152 Å². The summed E-state index contributed by atoms with van der Waals surface area (Å²) in [5, 5.41) is 20.6. The Morgan fingerprint density at radius 2 is 1.73 bits per heavy atom. The van der Waals surface area contributed by atoms with Crippen LogP contribution in [0.1, 0.15) is 12.5 Å². The molecule has 0 radical (unpaired) electrons. The topological polar surface area (TPSA) is 93.4 Å². The summed E-state index contributed by atoms with van der Waals surface area (Å²) in [4.78, 5) is 24.9. The van der Waals surface area contributed by atoms with E-state index in [0.717, 1.165) is 11.3 Å². The molecule has 1 amide bonds. The number of aliphatic carboxylic acids is 1. The van der Waals surface area contributed by atoms with E-state index in [1.54, 1.807) is 4.90 Å². The lowest BCUT2D eigenvalue weighted by Gasteiger charge is -2.21. The van der Waals surface area contributed by atoms with Crippen LogP contribution in [0.3, 0.4) is 0 Å². The Morgan fingerprint density at radius 3 is 2.27 bits per heavy atom. The zero-order valence-corrected chi connectivity index (χ0v) is 14.3. The molecule has 0 fully saturated rings. The van der Waals surface area contributed by atoms with Crippen LogP contribution in [-0.4, -0.2) is 23.0 Å². The van der Waals surface area contributed by atoms with Crippen molar-refractivity contribution in [3.8, 4) is 6.07 Å². The molecule has 1 atom stereocenters. The maximum Gasteiger partial charge on any atom is 0.325 e. The van der Waals surface area contributed by atoms with Gasteiger partial charge in [-0.25, -0.2) is 0 Å². The largest absolute Gasteiger partial charge is 0.480 e. The van der Waals surface area contributed by atoms with Gasteiger partial charge >= 0.3 is 5.97 Å². The van der Waals surface area contributed by atoms with Gasteiger partial charge in [0.05, 0.1) is 0 Å². The monoisotopic (exact) mass is 349 g/mol. The van der Waals surface area contributed by atoms with E-state index < -0.39 is 17.9 Å². The summed E-state index contributed by atoms with van der Waals surface area (Å²) in [5.41, 5.74) is 1.64. The molecule has 0 aromatic heterocycles. The van der Waals surface area contributed by atoms with E-state index in [0.29, 0.717) is 6.54 Å². The maximum absolute atomic E-state index is 12.2. The average Bonchev–Trinajstić information content (AvgIpc) is 2.66. The Morgan fingerprint density at radius 1 is 1.15 bits per heavy atom. The number of nitriles is 1. The first-order valence-corrected chi connectivity index (χ1v) is 8.02. The molecule has 0 spiro atoms. The van der Waals surface area contributed by atoms with Crippen molar-refractivity contribution in [3.63, 3.8) is 0 Å². The summed E-state index contributed by atoms with van der Waals surface area (Å²) in [6, 6.07) is 19.7. The fourth-order valence-electron chi connectivity index (χ4n) is 2.24. The van der Waals surface area contributed by atoms with Gasteiger partial charge in [0.25, 0.3) is 5.91 Å². The summed E-state index contributed by atoms with van der Waals surface area (Å²) in [5.74, 6) is -1.89. The number of nitrogens with zero attached hydrogens (tertiary/aromatic N) is 2. The molecule has 26 heavy (non-hydrogen) atoms. The summed E-state index contributed by atoms with van der Waals surface area (Å²) >= 11 is 0. The van der Waals surface area contributed by atoms with E-state index in [2.05, 4.69) is 5.32 Å². The van der Waals surface area contributed by atoms with Crippen LogP contribution in [-0.2, 0) is 16.1 Å². The first kappa shape index (κ1) is 18.7. The summed E-state index contributed by atoms with van der Waals surface area (Å²) in [7, 11) is 0. The second-order valence-electron chi connectivity index (χ2n) is 5.64. The number of hydrogen-bond donors (Lipinski definition) is 2. The first-order chi connectivity index (χ1) is 12.5. The number of carboxylic acid groups (broad SMARTS) is 1. The van der Waals surface area contributed by atoms with Gasteiger partial charge in [0.2, 0.25) is 0 Å². The van der Waals surface area contributed by atoms with E-state index in [-0.39, 0.29) is 5.57 Å². The number of para-hydroxylation sites is 1. The van der Waals surface area contributed by atoms with Crippen molar-refractivity contribution in [1.82, 2.24) is 5.32 Å². The van der Waals surface area contributed by atoms with Gasteiger partial charge in [-0.05, 0) is 24.6 Å². The van der Waals surface area contributed by atoms with Crippen molar-refractivity contribution in [2.24, 2.45) is 0 Å². The van der Waals surface area contributed by atoms with Crippen molar-refractivity contribution >= 4 is 17.6 Å². The third-order valence-corrected chi connectivity index (χ3v) is 3.65. The fraction of sp³-hybridized carbons (Fsp3) is 0.150. The van der Waals surface area contributed by atoms with Gasteiger partial charge in [-0.15, -0.1) is 0 Å². The summed E-state index contributed by atoms with van der Waals surface area (Å²) in [6.07, 6.45) is 1.44. The highest BCUT2D eigenvalue weighted by Gasteiger charge is 2.18. The van der Waals surface area contributed by atoms with Crippen LogP contribution in [0.15, 0.2) is 72.4 Å². The number of benzene rings is 2. The lowest BCUT2D eigenvalue weighted by molar-refractivity contribution is -0.140. The molecule has 6 heteroatoms. The molecule has 0 saturated heterocycles. The smallest absolute Gasteiger partial charge is 0.325 e. The molecule has 132 valence electrons. The van der Waals surface area contributed by atoms with Gasteiger partial charge in [0, 0.05) is 18.4 Å². The minimum atomic E-state index is -1.17. The number of nitrogens with one attached hydrogen (secondary N) is 1. The van der Waals surface area contributed by atoms with Gasteiger partial charge in [0.1, 0.15) is 17.7 Å². The highest BCUT2D eigenvalue weighted by atomic mass is 16.4. The normalized spacial score (nSPS) is 11.9. The lowest BCUT2D eigenvalue weighted by Crippen LogP contribution is -2.39. The molecule has 2 aromatic carbocycles. The number of rotatable bonds is 7. The standard InChI is InChI=1S/C20H19N3O3/c1-15(20(25)26)22-19(24)17(12-21)14-23(18-10-6-3-7-11-18)13-16-8-4-2-5-9-16/h2-11,14-15H,13H2,1H3,(H,22,24)(H,25,26)/b17-14-. The van der Waals surface area contributed by atoms with E-state index >= 15 is 0 Å². The molecule has 2 N–H and O–H groups in total. The predicted molar refractivity (Wildman–Crippen MR) is 98.0 cm³/mol. The first-order valence-electron chi connectivity index (χ1n) is 8.02. The van der Waals surface area contributed by atoms with Crippen molar-refractivity contribution in [1.29, 1.82) is 5.26 Å². The maximum atomic E-state index is 12.2. The van der Waals surface area contributed by atoms with Crippen LogP contribution in [0.2, 0.25) is 0 Å². The molecule has 0 saturated carbocycles. The third-order valence-electron chi connectivity index (χ3n) is 3.65. The van der Waals surface area contributed by atoms with Crippen molar-refractivity contribution in [2.45, 2.75) is 19.5 Å². The molecule has 0 aliphatic carbocycles. The number of carbonyl (C=O) groups excluding carboxylic acids is 1. The van der Waals surface area contributed by atoms with Crippen molar-refractivity contribution in [3.05, 3.63) is 78.0 Å². The number of anilines is 1. The Bertz CT molecular complexity index is 826. The van der Waals surface area contributed by atoms with Gasteiger partial charge < -0.3 is 15.3 Å². The van der Waals surface area contributed by atoms with E-state index in [4.69, 9.17) is 5.11 Å². The SMILES string of the molecule is CC(NC(=O)/C(C#N)=C\N(Cc1ccccc1)c1ccccc1)C(=O)O. The number of amides is 1. The van der Waals surface area contributed by atoms with Crippen LogP contribution in [0.4, 0.5) is 5.69 Å². The van der Waals surface area contributed by atoms with E-state index in [9.17, 15) is 14.9 Å². The predicted octanol–water partition coefficient (Wildman–Crippen LogP) is 2.69. The zero-order valence-electron chi connectivity index (χ0n) is 14.3. The van der Waals surface area contributed by atoms with Crippen LogP contribution in [0, 0.1) is 11.3 Å². The highest BCUT2D eigenvalue weighted by molar-refractivity contribution is 5.99. The molecule has 1 unspecified atom stereocenters. The van der Waals surface area contributed by atoms with Crippen LogP contribution >= 0.6 is 0 Å². The Hall–Kier alpha value is -3.59. The average molecular weight is 349 g/mol. The van der Waals surface area contributed by atoms with Crippen LogP contribution < -0.4 is 10.2 Å². The molecule has 0 heterocycles. The third kappa shape index (κ3) is 5.21. The van der Waals surface area contributed by atoms with Crippen molar-refractivity contribution < 1.29 is 14.7 Å². The highest BCUT2D eigenvalue weighted by Crippen LogP contribution is 2.18. The molecular weight excluding hydrogens is 330 g/mol. The Balaban J connectivity index is 2.31. The molecular formula is C20H19N3O3. The number of carbonyl (C=O) groups is 2. The Kier molecular flexibility index (Phi) is 6.52. The molecule has 2 aromatic rings. The minimum Gasteiger partial charge on any atom is -0.480 e. The molecule has 2 rings (SSSR count). The van der Waals surface area contributed by atoms with Gasteiger partial charge in [-0.3, -0.25) is 9.59 Å². The number of carboxylic acids is 1. The minimum absolute atomic E-state index is 0.169. The van der Waals surface area contributed by atoms with Crippen LogP contribution in [0.25, 0.3) is 0 Å². The summed E-state index contributed by atoms with van der Waals surface area (Å²) in [6.45, 7) is 1.80. The second-order valence-corrected chi connectivity index (χ2v) is 5.64. The number of hydrogen-bond acceptors (Lipinski definition) is 4. The molecule has 0 bridgehead atoms.